The molecule has 0 aliphatic heterocycles. The summed E-state index contributed by atoms with van der Waals surface area (Å²) in [5.41, 5.74) is 2.45. The molecule has 0 aliphatic rings. The third kappa shape index (κ3) is 5.93. The van der Waals surface area contributed by atoms with Crippen LogP contribution in [0.4, 0.5) is 0 Å². The van der Waals surface area contributed by atoms with Crippen molar-refractivity contribution in [3.63, 3.8) is 0 Å². The monoisotopic (exact) mass is 438 g/mol. The van der Waals surface area contributed by atoms with Gasteiger partial charge >= 0.3 is 0 Å². The Morgan fingerprint density at radius 3 is 2.13 bits per heavy atom. The molecule has 1 N–H and O–H groups in total. The molecule has 31 heavy (non-hydrogen) atoms. The summed E-state index contributed by atoms with van der Waals surface area (Å²) < 4.78 is 33.2. The Kier molecular flexibility index (Phi) is 7.44. The van der Waals surface area contributed by atoms with Crippen LogP contribution in [0.15, 0.2) is 83.8 Å². The molecule has 0 aliphatic carbocycles. The first-order valence-corrected chi connectivity index (χ1v) is 11.3. The lowest BCUT2D eigenvalue weighted by Gasteiger charge is -2.22. The summed E-state index contributed by atoms with van der Waals surface area (Å²) in [5.74, 6) is 0.239. The first-order valence-electron chi connectivity index (χ1n) is 9.89. The number of nitrogens with one attached hydrogen (secondary N) is 1. The smallest absolute Gasteiger partial charge is 0.243 e. The average Bonchev–Trinajstić information content (AvgIpc) is 2.78. The number of aryl methyl sites for hydroxylation is 1. The van der Waals surface area contributed by atoms with Crippen molar-refractivity contribution in [1.82, 2.24) is 9.62 Å². The molecule has 3 aromatic carbocycles. The molecule has 3 rings (SSSR count). The standard InChI is InChI=1S/C24H26N2O4S/c1-19-15-22(13-14-23(19)30-2)31(28,29)26(17-21-11-7-4-8-12-21)18-24(27)25-16-20-9-5-3-6-10-20/h3-15H,16-18H2,1-2H3,(H,25,27). The van der Waals surface area contributed by atoms with E-state index in [1.165, 1.54) is 17.5 Å². The van der Waals surface area contributed by atoms with Crippen molar-refractivity contribution in [2.45, 2.75) is 24.9 Å². The molecule has 0 bridgehead atoms. The quantitative estimate of drug-likeness (QED) is 0.555. The molecular weight excluding hydrogens is 412 g/mol. The molecule has 0 unspecified atom stereocenters. The number of carbonyl (C=O) groups excluding carboxylic acids is 1. The van der Waals surface area contributed by atoms with Crippen molar-refractivity contribution in [2.24, 2.45) is 0 Å². The van der Waals surface area contributed by atoms with E-state index in [0.717, 1.165) is 11.1 Å². The lowest BCUT2D eigenvalue weighted by atomic mass is 10.2. The van der Waals surface area contributed by atoms with Gasteiger partial charge in [0.15, 0.2) is 0 Å². The van der Waals surface area contributed by atoms with Crippen LogP contribution >= 0.6 is 0 Å². The first-order chi connectivity index (χ1) is 14.9. The molecule has 6 nitrogen and oxygen atoms in total. The third-order valence-electron chi connectivity index (χ3n) is 4.86. The van der Waals surface area contributed by atoms with E-state index in [1.54, 1.807) is 19.1 Å². The number of sulfonamides is 1. The highest BCUT2D eigenvalue weighted by Crippen LogP contribution is 2.24. The van der Waals surface area contributed by atoms with Gasteiger partial charge in [0.25, 0.3) is 0 Å². The number of ether oxygens (including phenoxy) is 1. The number of benzene rings is 3. The zero-order valence-corrected chi connectivity index (χ0v) is 18.4. The number of amides is 1. The molecule has 0 aromatic heterocycles. The summed E-state index contributed by atoms with van der Waals surface area (Å²) in [5, 5.41) is 2.80. The maximum absolute atomic E-state index is 13.4. The number of carbonyl (C=O) groups is 1. The van der Waals surface area contributed by atoms with E-state index in [0.29, 0.717) is 17.9 Å². The molecule has 0 saturated heterocycles. The largest absolute Gasteiger partial charge is 0.496 e. The van der Waals surface area contributed by atoms with Gasteiger partial charge in [-0.05, 0) is 41.8 Å². The SMILES string of the molecule is COc1ccc(S(=O)(=O)N(CC(=O)NCc2ccccc2)Cc2ccccc2)cc1C. The lowest BCUT2D eigenvalue weighted by Crippen LogP contribution is -2.40. The van der Waals surface area contributed by atoms with Crippen LogP contribution in [-0.2, 0) is 27.9 Å². The number of hydrogen-bond acceptors (Lipinski definition) is 4. The fraction of sp³-hybridized carbons (Fsp3) is 0.208. The van der Waals surface area contributed by atoms with Gasteiger partial charge in [0, 0.05) is 13.1 Å². The minimum absolute atomic E-state index is 0.0903. The zero-order valence-electron chi connectivity index (χ0n) is 17.6. The molecular formula is C24H26N2O4S. The minimum atomic E-state index is -3.91. The van der Waals surface area contributed by atoms with E-state index in [2.05, 4.69) is 5.32 Å². The fourth-order valence-electron chi connectivity index (χ4n) is 3.19. The second kappa shape index (κ2) is 10.2. The van der Waals surface area contributed by atoms with Crippen molar-refractivity contribution in [3.05, 3.63) is 95.6 Å². The van der Waals surface area contributed by atoms with E-state index in [-0.39, 0.29) is 23.9 Å². The third-order valence-corrected chi connectivity index (χ3v) is 6.65. The highest BCUT2D eigenvalue weighted by Gasteiger charge is 2.27. The average molecular weight is 439 g/mol. The van der Waals surface area contributed by atoms with Gasteiger partial charge in [0.05, 0.1) is 18.6 Å². The predicted octanol–water partition coefficient (Wildman–Crippen LogP) is 3.51. The Hall–Kier alpha value is -3.16. The molecule has 0 atom stereocenters. The van der Waals surface area contributed by atoms with Gasteiger partial charge in [0.2, 0.25) is 15.9 Å². The lowest BCUT2D eigenvalue weighted by molar-refractivity contribution is -0.121. The van der Waals surface area contributed by atoms with Gasteiger partial charge in [0.1, 0.15) is 5.75 Å². The fourth-order valence-corrected chi connectivity index (χ4v) is 4.66. The van der Waals surface area contributed by atoms with E-state index in [1.807, 2.05) is 60.7 Å². The number of rotatable bonds is 9. The van der Waals surface area contributed by atoms with Gasteiger partial charge in [-0.15, -0.1) is 0 Å². The van der Waals surface area contributed by atoms with Crippen molar-refractivity contribution in [3.8, 4) is 5.75 Å². The molecule has 1 amide bonds. The Balaban J connectivity index is 1.83. The van der Waals surface area contributed by atoms with Gasteiger partial charge in [-0.1, -0.05) is 60.7 Å². The Bertz CT molecular complexity index is 1120. The second-order valence-electron chi connectivity index (χ2n) is 7.15. The highest BCUT2D eigenvalue weighted by molar-refractivity contribution is 7.89. The van der Waals surface area contributed by atoms with Gasteiger partial charge < -0.3 is 10.1 Å². The van der Waals surface area contributed by atoms with Crippen LogP contribution in [0.25, 0.3) is 0 Å². The predicted molar refractivity (Wildman–Crippen MR) is 120 cm³/mol. The van der Waals surface area contributed by atoms with Crippen LogP contribution in [0, 0.1) is 6.92 Å². The van der Waals surface area contributed by atoms with Crippen LogP contribution in [-0.4, -0.2) is 32.3 Å². The molecule has 7 heteroatoms. The van der Waals surface area contributed by atoms with Crippen LogP contribution in [0.3, 0.4) is 0 Å². The van der Waals surface area contributed by atoms with Crippen molar-refractivity contribution in [1.29, 1.82) is 0 Å². The van der Waals surface area contributed by atoms with Gasteiger partial charge in [-0.25, -0.2) is 8.42 Å². The second-order valence-corrected chi connectivity index (χ2v) is 9.09. The van der Waals surface area contributed by atoms with Crippen molar-refractivity contribution >= 4 is 15.9 Å². The van der Waals surface area contributed by atoms with Crippen LogP contribution in [0.1, 0.15) is 16.7 Å². The summed E-state index contributed by atoms with van der Waals surface area (Å²) in [4.78, 5) is 12.7. The molecule has 0 fully saturated rings. The van der Waals surface area contributed by atoms with E-state index in [9.17, 15) is 13.2 Å². The Morgan fingerprint density at radius 1 is 0.935 bits per heavy atom. The minimum Gasteiger partial charge on any atom is -0.496 e. The number of hydrogen-bond donors (Lipinski definition) is 1. The maximum atomic E-state index is 13.4. The molecule has 162 valence electrons. The van der Waals surface area contributed by atoms with E-state index in [4.69, 9.17) is 4.74 Å². The maximum Gasteiger partial charge on any atom is 0.243 e. The van der Waals surface area contributed by atoms with Crippen LogP contribution in [0.2, 0.25) is 0 Å². The Labute approximate surface area is 183 Å². The van der Waals surface area contributed by atoms with Gasteiger partial charge in [-0.2, -0.15) is 4.31 Å². The summed E-state index contributed by atoms with van der Waals surface area (Å²) >= 11 is 0. The Morgan fingerprint density at radius 2 is 1.55 bits per heavy atom. The number of methoxy groups -OCH3 is 1. The van der Waals surface area contributed by atoms with Crippen molar-refractivity contribution < 1.29 is 17.9 Å². The summed E-state index contributed by atoms with van der Waals surface area (Å²) in [7, 11) is -2.37. The zero-order chi connectivity index (χ0) is 22.3. The molecule has 3 aromatic rings. The summed E-state index contributed by atoms with van der Waals surface area (Å²) in [6.07, 6.45) is 0. The molecule has 0 spiro atoms. The summed E-state index contributed by atoms with van der Waals surface area (Å²) in [6, 6.07) is 23.4. The van der Waals surface area contributed by atoms with Gasteiger partial charge in [-0.3, -0.25) is 4.79 Å². The summed E-state index contributed by atoms with van der Waals surface area (Å²) in [6.45, 7) is 1.93. The van der Waals surface area contributed by atoms with E-state index < -0.39 is 10.0 Å². The van der Waals surface area contributed by atoms with Crippen LogP contribution in [0.5, 0.6) is 5.75 Å². The van der Waals surface area contributed by atoms with E-state index >= 15 is 0 Å². The molecule has 0 heterocycles. The molecule has 0 radical (unpaired) electrons. The molecule has 0 saturated carbocycles. The highest BCUT2D eigenvalue weighted by atomic mass is 32.2. The number of nitrogens with zero attached hydrogens (tertiary/aromatic N) is 1. The van der Waals surface area contributed by atoms with Crippen LogP contribution < -0.4 is 10.1 Å². The normalized spacial score (nSPS) is 11.3. The first kappa shape index (κ1) is 22.5. The van der Waals surface area contributed by atoms with Crippen molar-refractivity contribution in [2.75, 3.05) is 13.7 Å². The topological polar surface area (TPSA) is 75.7 Å².